The van der Waals surface area contributed by atoms with Crippen LogP contribution in [-0.2, 0) is 6.54 Å². The highest BCUT2D eigenvalue weighted by molar-refractivity contribution is 6.08. The second kappa shape index (κ2) is 8.37. The van der Waals surface area contributed by atoms with Gasteiger partial charge in [0.15, 0.2) is 5.69 Å². The molecule has 0 bridgehead atoms. The molecule has 26 heavy (non-hydrogen) atoms. The standard InChI is InChI=1S/C18H24N4O4/c1-4-6-11-22-15(19)14(16(23)20-18(22)25)21(3)17(24)12-9-7-8-10-13(12)26-5-2/h7-10H,4-6,11,19H2,1-3H3,(H,20,23,25). The van der Waals surface area contributed by atoms with Gasteiger partial charge in [-0.25, -0.2) is 4.79 Å². The fourth-order valence-corrected chi connectivity index (χ4v) is 2.65. The number of unbranched alkanes of at least 4 members (excludes halogenated alkanes) is 1. The van der Waals surface area contributed by atoms with Crippen LogP contribution in [0.4, 0.5) is 11.5 Å². The molecule has 1 amide bonds. The number of benzene rings is 1. The lowest BCUT2D eigenvalue weighted by atomic mass is 10.1. The van der Waals surface area contributed by atoms with E-state index in [0.29, 0.717) is 24.5 Å². The smallest absolute Gasteiger partial charge is 0.330 e. The number of nitrogens with two attached hydrogens (primary N) is 1. The lowest BCUT2D eigenvalue weighted by Gasteiger charge is -2.21. The van der Waals surface area contributed by atoms with Crippen LogP contribution in [0.2, 0.25) is 0 Å². The lowest BCUT2D eigenvalue weighted by molar-refractivity contribution is 0.0989. The van der Waals surface area contributed by atoms with E-state index < -0.39 is 17.2 Å². The zero-order valence-electron chi connectivity index (χ0n) is 15.2. The summed E-state index contributed by atoms with van der Waals surface area (Å²) in [4.78, 5) is 40.6. The molecule has 1 heterocycles. The van der Waals surface area contributed by atoms with Gasteiger partial charge in [-0.1, -0.05) is 25.5 Å². The number of aromatic amines is 1. The van der Waals surface area contributed by atoms with E-state index in [1.54, 1.807) is 24.3 Å². The van der Waals surface area contributed by atoms with Gasteiger partial charge < -0.3 is 15.4 Å². The van der Waals surface area contributed by atoms with Gasteiger partial charge in [0.25, 0.3) is 11.5 Å². The van der Waals surface area contributed by atoms with Crippen molar-refractivity contribution in [3.63, 3.8) is 0 Å². The van der Waals surface area contributed by atoms with Crippen molar-refractivity contribution < 1.29 is 9.53 Å². The number of hydrogen-bond donors (Lipinski definition) is 2. The topological polar surface area (TPSA) is 110 Å². The van der Waals surface area contributed by atoms with Crippen molar-refractivity contribution in [2.24, 2.45) is 0 Å². The highest BCUT2D eigenvalue weighted by atomic mass is 16.5. The molecule has 0 radical (unpaired) electrons. The minimum atomic E-state index is -0.704. The van der Waals surface area contributed by atoms with E-state index in [9.17, 15) is 14.4 Å². The van der Waals surface area contributed by atoms with Gasteiger partial charge in [0.1, 0.15) is 11.6 Å². The molecule has 1 aromatic carbocycles. The van der Waals surface area contributed by atoms with Crippen LogP contribution in [-0.4, -0.2) is 29.1 Å². The molecule has 0 saturated carbocycles. The summed E-state index contributed by atoms with van der Waals surface area (Å²) in [6.45, 7) is 4.56. The number of amides is 1. The second-order valence-corrected chi connectivity index (χ2v) is 5.79. The number of nitrogens with zero attached hydrogens (tertiary/aromatic N) is 2. The minimum Gasteiger partial charge on any atom is -0.493 e. The van der Waals surface area contributed by atoms with Crippen molar-refractivity contribution in [3.05, 3.63) is 50.7 Å². The maximum absolute atomic E-state index is 12.9. The van der Waals surface area contributed by atoms with E-state index in [4.69, 9.17) is 10.5 Å². The number of para-hydroxylation sites is 1. The Bertz CT molecular complexity index is 901. The Balaban J connectivity index is 2.50. The highest BCUT2D eigenvalue weighted by Gasteiger charge is 2.23. The maximum Gasteiger partial charge on any atom is 0.330 e. The Kier molecular flexibility index (Phi) is 6.21. The van der Waals surface area contributed by atoms with E-state index in [2.05, 4.69) is 4.98 Å². The Hall–Kier alpha value is -3.03. The molecule has 0 fully saturated rings. The predicted octanol–water partition coefficient (Wildman–Crippen LogP) is 1.59. The minimum absolute atomic E-state index is 0.0306. The van der Waals surface area contributed by atoms with Crippen LogP contribution in [0, 0.1) is 0 Å². The van der Waals surface area contributed by atoms with Crippen LogP contribution in [0.1, 0.15) is 37.0 Å². The quantitative estimate of drug-likeness (QED) is 0.779. The number of nitrogen functional groups attached to an aromatic ring is 1. The van der Waals surface area contributed by atoms with Gasteiger partial charge in [-0.3, -0.25) is 19.1 Å². The van der Waals surface area contributed by atoms with Crippen LogP contribution < -0.4 is 26.6 Å². The molecular formula is C18H24N4O4. The van der Waals surface area contributed by atoms with E-state index >= 15 is 0 Å². The molecule has 8 heteroatoms. The Labute approximate surface area is 151 Å². The van der Waals surface area contributed by atoms with Crippen LogP contribution in [0.3, 0.4) is 0 Å². The summed E-state index contributed by atoms with van der Waals surface area (Å²) in [7, 11) is 1.45. The number of nitrogens with one attached hydrogen (secondary N) is 1. The van der Waals surface area contributed by atoms with Crippen LogP contribution >= 0.6 is 0 Å². The van der Waals surface area contributed by atoms with Crippen molar-refractivity contribution >= 4 is 17.4 Å². The number of anilines is 2. The first kappa shape index (κ1) is 19.3. The normalized spacial score (nSPS) is 10.6. The molecule has 0 aliphatic rings. The average molecular weight is 360 g/mol. The summed E-state index contributed by atoms with van der Waals surface area (Å²) in [5.41, 5.74) is 5.02. The Morgan fingerprint density at radius 1 is 1.27 bits per heavy atom. The average Bonchev–Trinajstić information content (AvgIpc) is 2.61. The molecule has 0 aliphatic heterocycles. The summed E-state index contributed by atoms with van der Waals surface area (Å²) in [6.07, 6.45) is 1.58. The number of rotatable bonds is 7. The first-order valence-corrected chi connectivity index (χ1v) is 8.54. The molecule has 0 saturated heterocycles. The summed E-state index contributed by atoms with van der Waals surface area (Å²) in [6, 6.07) is 6.76. The molecule has 1 aromatic heterocycles. The first-order valence-electron chi connectivity index (χ1n) is 8.54. The SMILES string of the molecule is CCCCn1c(N)c(N(C)C(=O)c2ccccc2OCC)c(=O)[nH]c1=O. The number of carbonyl (C=O) groups excluding carboxylic acids is 1. The summed E-state index contributed by atoms with van der Waals surface area (Å²) in [5.74, 6) is -0.0648. The van der Waals surface area contributed by atoms with Gasteiger partial charge >= 0.3 is 5.69 Å². The van der Waals surface area contributed by atoms with Gasteiger partial charge in [0, 0.05) is 13.6 Å². The summed E-state index contributed by atoms with van der Waals surface area (Å²) < 4.78 is 6.76. The van der Waals surface area contributed by atoms with E-state index in [0.717, 1.165) is 17.7 Å². The van der Waals surface area contributed by atoms with Crippen molar-refractivity contribution in [2.75, 3.05) is 24.3 Å². The van der Waals surface area contributed by atoms with Gasteiger partial charge in [0.2, 0.25) is 0 Å². The van der Waals surface area contributed by atoms with Gasteiger partial charge in [-0.15, -0.1) is 0 Å². The van der Waals surface area contributed by atoms with E-state index in [1.807, 2.05) is 13.8 Å². The number of carbonyl (C=O) groups is 1. The second-order valence-electron chi connectivity index (χ2n) is 5.79. The highest BCUT2D eigenvalue weighted by Crippen LogP contribution is 2.23. The summed E-state index contributed by atoms with van der Waals surface area (Å²) in [5, 5.41) is 0. The van der Waals surface area contributed by atoms with Crippen LogP contribution in [0.5, 0.6) is 5.75 Å². The molecular weight excluding hydrogens is 336 g/mol. The zero-order valence-corrected chi connectivity index (χ0v) is 15.2. The van der Waals surface area contributed by atoms with E-state index in [-0.39, 0.29) is 11.5 Å². The third-order valence-electron chi connectivity index (χ3n) is 4.01. The molecule has 8 nitrogen and oxygen atoms in total. The maximum atomic E-state index is 12.9. The number of aromatic nitrogens is 2. The van der Waals surface area contributed by atoms with Gasteiger partial charge in [-0.2, -0.15) is 0 Å². The third kappa shape index (κ3) is 3.79. The largest absolute Gasteiger partial charge is 0.493 e. The number of hydrogen-bond acceptors (Lipinski definition) is 5. The molecule has 0 atom stereocenters. The van der Waals surface area contributed by atoms with Crippen molar-refractivity contribution in [2.45, 2.75) is 33.2 Å². The molecule has 0 aliphatic carbocycles. The number of ether oxygens (including phenoxy) is 1. The van der Waals surface area contributed by atoms with Crippen LogP contribution in [0.25, 0.3) is 0 Å². The molecule has 140 valence electrons. The lowest BCUT2D eigenvalue weighted by Crippen LogP contribution is -2.39. The van der Waals surface area contributed by atoms with Gasteiger partial charge in [-0.05, 0) is 25.5 Å². The summed E-state index contributed by atoms with van der Waals surface area (Å²) >= 11 is 0. The van der Waals surface area contributed by atoms with Crippen molar-refractivity contribution in [1.82, 2.24) is 9.55 Å². The monoisotopic (exact) mass is 360 g/mol. The first-order chi connectivity index (χ1) is 12.4. The Morgan fingerprint density at radius 3 is 2.62 bits per heavy atom. The predicted molar refractivity (Wildman–Crippen MR) is 101 cm³/mol. The fourth-order valence-electron chi connectivity index (χ4n) is 2.65. The van der Waals surface area contributed by atoms with E-state index in [1.165, 1.54) is 11.6 Å². The molecule has 2 aromatic rings. The van der Waals surface area contributed by atoms with Crippen LogP contribution in [0.15, 0.2) is 33.9 Å². The molecule has 2 rings (SSSR count). The Morgan fingerprint density at radius 2 is 1.96 bits per heavy atom. The number of H-pyrrole nitrogens is 1. The fraction of sp³-hybridized carbons (Fsp3) is 0.389. The third-order valence-corrected chi connectivity index (χ3v) is 4.01. The van der Waals surface area contributed by atoms with Crippen molar-refractivity contribution in [3.8, 4) is 5.75 Å². The molecule has 0 unspecified atom stereocenters. The molecule has 3 N–H and O–H groups in total. The van der Waals surface area contributed by atoms with Gasteiger partial charge in [0.05, 0.1) is 12.2 Å². The zero-order chi connectivity index (χ0) is 19.3. The molecule has 0 spiro atoms. The van der Waals surface area contributed by atoms with Crippen molar-refractivity contribution in [1.29, 1.82) is 0 Å².